The molecule has 2 atom stereocenters. The molecule has 1 aliphatic rings. The lowest BCUT2D eigenvalue weighted by Crippen LogP contribution is -2.14. The molecule has 0 bridgehead atoms. The molecule has 0 saturated carbocycles. The molecule has 1 heterocycles. The quantitative estimate of drug-likeness (QED) is 0.891. The Morgan fingerprint density at radius 3 is 2.61 bits per heavy atom. The summed E-state index contributed by atoms with van der Waals surface area (Å²) < 4.78 is 5.44. The van der Waals surface area contributed by atoms with Gasteiger partial charge in [0.15, 0.2) is 0 Å². The van der Waals surface area contributed by atoms with Crippen LogP contribution in [0.3, 0.4) is 0 Å². The van der Waals surface area contributed by atoms with Gasteiger partial charge >= 0.3 is 0 Å². The molecule has 0 aliphatic carbocycles. The molecular weight excluding hydrogens is 242 g/mol. The Labute approximate surface area is 112 Å². The van der Waals surface area contributed by atoms with E-state index in [2.05, 4.69) is 48.6 Å². The molecule has 2 nitrogen and oxygen atoms in total. The average Bonchev–Trinajstić information content (AvgIpc) is 2.84. The Hall–Kier alpha value is -1.19. The topological polar surface area (TPSA) is 21.3 Å². The molecule has 3 heteroatoms. The molecule has 1 saturated heterocycles. The second kappa shape index (κ2) is 4.82. The van der Waals surface area contributed by atoms with Crippen LogP contribution in [0.2, 0.25) is 0 Å². The van der Waals surface area contributed by atoms with Crippen LogP contribution < -0.4 is 10.1 Å². The Kier molecular flexibility index (Phi) is 3.18. The summed E-state index contributed by atoms with van der Waals surface area (Å²) in [6, 6.07) is 12.7. The first kappa shape index (κ1) is 11.9. The lowest BCUT2D eigenvalue weighted by Gasteiger charge is -2.15. The van der Waals surface area contributed by atoms with Crippen molar-refractivity contribution >= 4 is 22.5 Å². The van der Waals surface area contributed by atoms with Gasteiger partial charge in [0.2, 0.25) is 0 Å². The summed E-state index contributed by atoms with van der Waals surface area (Å²) in [6.07, 6.45) is 0. The third kappa shape index (κ3) is 1.98. The van der Waals surface area contributed by atoms with Gasteiger partial charge in [-0.1, -0.05) is 37.3 Å². The van der Waals surface area contributed by atoms with E-state index >= 15 is 0 Å². The summed E-state index contributed by atoms with van der Waals surface area (Å²) in [5.74, 6) is 0.949. The number of nitrogens with one attached hydrogen (secondary N) is 1. The van der Waals surface area contributed by atoms with Crippen molar-refractivity contribution in [1.29, 1.82) is 0 Å². The zero-order valence-corrected chi connectivity index (χ0v) is 11.5. The predicted molar refractivity (Wildman–Crippen MR) is 78.3 cm³/mol. The van der Waals surface area contributed by atoms with Crippen LogP contribution in [0, 0.1) is 0 Å². The second-order valence-electron chi connectivity index (χ2n) is 4.64. The van der Waals surface area contributed by atoms with Crippen molar-refractivity contribution in [2.75, 3.05) is 13.7 Å². The second-order valence-corrected chi connectivity index (χ2v) is 6.19. The summed E-state index contributed by atoms with van der Waals surface area (Å²) in [5.41, 5.74) is 1.36. The van der Waals surface area contributed by atoms with Gasteiger partial charge in [-0.05, 0) is 17.0 Å². The highest BCUT2D eigenvalue weighted by Crippen LogP contribution is 2.39. The first-order chi connectivity index (χ1) is 8.79. The maximum absolute atomic E-state index is 5.44. The largest absolute Gasteiger partial charge is 0.496 e. The molecule has 0 aromatic heterocycles. The number of methoxy groups -OCH3 is 1. The molecule has 0 spiro atoms. The van der Waals surface area contributed by atoms with E-state index in [1.807, 2.05) is 11.8 Å². The maximum atomic E-state index is 5.44. The van der Waals surface area contributed by atoms with E-state index in [9.17, 15) is 0 Å². The third-order valence-corrected chi connectivity index (χ3v) is 4.70. The first-order valence-corrected chi connectivity index (χ1v) is 7.18. The predicted octanol–water partition coefficient (Wildman–Crippen LogP) is 3.57. The molecule has 1 fully saturated rings. The zero-order chi connectivity index (χ0) is 12.5. The average molecular weight is 259 g/mol. The van der Waals surface area contributed by atoms with Crippen molar-refractivity contribution < 1.29 is 4.74 Å². The van der Waals surface area contributed by atoms with E-state index in [-0.39, 0.29) is 0 Å². The highest BCUT2D eigenvalue weighted by atomic mass is 32.2. The molecule has 18 heavy (non-hydrogen) atoms. The van der Waals surface area contributed by atoms with Gasteiger partial charge in [-0.25, -0.2) is 0 Å². The van der Waals surface area contributed by atoms with Crippen LogP contribution in [0.4, 0.5) is 0 Å². The van der Waals surface area contributed by atoms with Gasteiger partial charge in [-0.2, -0.15) is 0 Å². The van der Waals surface area contributed by atoms with Crippen LogP contribution in [-0.4, -0.2) is 18.9 Å². The zero-order valence-electron chi connectivity index (χ0n) is 10.6. The molecule has 2 aromatic carbocycles. The number of fused-ring (bicyclic) bond motifs is 1. The van der Waals surface area contributed by atoms with Crippen LogP contribution in [-0.2, 0) is 0 Å². The van der Waals surface area contributed by atoms with E-state index in [1.165, 1.54) is 16.3 Å². The molecule has 1 aliphatic heterocycles. The third-order valence-electron chi connectivity index (χ3n) is 3.38. The Morgan fingerprint density at radius 2 is 1.94 bits per heavy atom. The fraction of sp³-hybridized carbons (Fsp3) is 0.333. The van der Waals surface area contributed by atoms with E-state index in [1.54, 1.807) is 7.11 Å². The Balaban J connectivity index is 2.13. The van der Waals surface area contributed by atoms with Gasteiger partial charge in [0.1, 0.15) is 5.75 Å². The Morgan fingerprint density at radius 1 is 1.17 bits per heavy atom. The van der Waals surface area contributed by atoms with Crippen molar-refractivity contribution in [2.45, 2.75) is 17.5 Å². The van der Waals surface area contributed by atoms with Crippen LogP contribution in [0.1, 0.15) is 17.9 Å². The number of ether oxygens (including phenoxy) is 1. The number of rotatable bonds is 2. The fourth-order valence-electron chi connectivity index (χ4n) is 2.49. The normalized spacial score (nSPS) is 23.4. The van der Waals surface area contributed by atoms with Crippen molar-refractivity contribution in [3.8, 4) is 5.75 Å². The standard InChI is InChI=1S/C15H17NOS/c1-10-9-16-15(18-10)13-7-8-14(17-2)12-6-4-3-5-11(12)13/h3-8,10,15-16H,9H2,1-2H3. The van der Waals surface area contributed by atoms with Crippen molar-refractivity contribution in [2.24, 2.45) is 0 Å². The Bertz CT molecular complexity index is 569. The lowest BCUT2D eigenvalue weighted by atomic mass is 10.0. The molecule has 0 amide bonds. The minimum Gasteiger partial charge on any atom is -0.496 e. The van der Waals surface area contributed by atoms with Crippen LogP contribution >= 0.6 is 11.8 Å². The molecular formula is C15H17NOS. The van der Waals surface area contributed by atoms with Gasteiger partial charge in [0.25, 0.3) is 0 Å². The van der Waals surface area contributed by atoms with Crippen LogP contribution in [0.15, 0.2) is 36.4 Å². The summed E-state index contributed by atoms with van der Waals surface area (Å²) in [4.78, 5) is 0. The molecule has 1 N–H and O–H groups in total. The monoisotopic (exact) mass is 259 g/mol. The molecule has 0 radical (unpaired) electrons. The van der Waals surface area contributed by atoms with E-state index in [4.69, 9.17) is 4.74 Å². The molecule has 3 rings (SSSR count). The lowest BCUT2D eigenvalue weighted by molar-refractivity contribution is 0.419. The number of benzene rings is 2. The van der Waals surface area contributed by atoms with Crippen molar-refractivity contribution in [3.05, 3.63) is 42.0 Å². The van der Waals surface area contributed by atoms with Crippen LogP contribution in [0.25, 0.3) is 10.8 Å². The number of thioether (sulfide) groups is 1. The summed E-state index contributed by atoms with van der Waals surface area (Å²) in [6.45, 7) is 3.35. The van der Waals surface area contributed by atoms with Gasteiger partial charge in [-0.15, -0.1) is 11.8 Å². The first-order valence-electron chi connectivity index (χ1n) is 6.24. The van der Waals surface area contributed by atoms with E-state index in [0.29, 0.717) is 10.6 Å². The molecule has 2 aromatic rings. The number of hydrogen-bond acceptors (Lipinski definition) is 3. The highest BCUT2D eigenvalue weighted by molar-refractivity contribution is 8.00. The van der Waals surface area contributed by atoms with Gasteiger partial charge in [0, 0.05) is 17.2 Å². The van der Waals surface area contributed by atoms with Gasteiger partial charge in [0.05, 0.1) is 12.5 Å². The molecule has 94 valence electrons. The maximum Gasteiger partial charge on any atom is 0.126 e. The van der Waals surface area contributed by atoms with Crippen molar-refractivity contribution in [1.82, 2.24) is 5.32 Å². The smallest absolute Gasteiger partial charge is 0.126 e. The van der Waals surface area contributed by atoms with Crippen LogP contribution in [0.5, 0.6) is 5.75 Å². The number of hydrogen-bond donors (Lipinski definition) is 1. The molecule has 2 unspecified atom stereocenters. The van der Waals surface area contributed by atoms with Crippen molar-refractivity contribution in [3.63, 3.8) is 0 Å². The van der Waals surface area contributed by atoms with E-state index in [0.717, 1.165) is 12.3 Å². The minimum atomic E-state index is 0.399. The van der Waals surface area contributed by atoms with Gasteiger partial charge < -0.3 is 10.1 Å². The SMILES string of the molecule is COc1ccc(C2NCC(C)S2)c2ccccc12. The summed E-state index contributed by atoms with van der Waals surface area (Å²) >= 11 is 1.99. The highest BCUT2D eigenvalue weighted by Gasteiger charge is 2.24. The minimum absolute atomic E-state index is 0.399. The summed E-state index contributed by atoms with van der Waals surface area (Å²) in [5, 5.41) is 7.13. The van der Waals surface area contributed by atoms with Gasteiger partial charge in [-0.3, -0.25) is 0 Å². The fourth-order valence-corrected chi connectivity index (χ4v) is 3.69. The summed E-state index contributed by atoms with van der Waals surface area (Å²) in [7, 11) is 1.73. The van der Waals surface area contributed by atoms with E-state index < -0.39 is 0 Å².